The van der Waals surface area contributed by atoms with Gasteiger partial charge in [0.2, 0.25) is 15.3 Å². The molecule has 31 heavy (non-hydrogen) atoms. The Balaban J connectivity index is 1.38. The van der Waals surface area contributed by atoms with Gasteiger partial charge in [-0.15, -0.1) is 0 Å². The minimum atomic E-state index is -3.48. The Labute approximate surface area is 184 Å². The van der Waals surface area contributed by atoms with E-state index in [1.54, 1.807) is 18.5 Å². The molecule has 0 saturated heterocycles. The van der Waals surface area contributed by atoms with Crippen LogP contribution in [0.3, 0.4) is 0 Å². The predicted molar refractivity (Wildman–Crippen MR) is 115 cm³/mol. The highest BCUT2D eigenvalue weighted by molar-refractivity contribution is 7.89. The van der Waals surface area contributed by atoms with E-state index in [2.05, 4.69) is 25.0 Å². The van der Waals surface area contributed by atoms with Gasteiger partial charge in [0.05, 0.1) is 17.8 Å². The third-order valence-electron chi connectivity index (χ3n) is 4.43. The maximum absolute atomic E-state index is 11.8. The number of alkyl carbamates (subject to hydrolysis) is 1. The van der Waals surface area contributed by atoms with E-state index in [-0.39, 0.29) is 29.1 Å². The second kappa shape index (κ2) is 9.90. The molecule has 0 unspecified atom stereocenters. The SMILES string of the molecule is CNS(=O)(=O)c1ccc(CNC(=O)OCCCCn2cnc3c(N)nc(Cl)nc32)cc1. The molecule has 0 spiro atoms. The Kier molecular flexibility index (Phi) is 7.25. The van der Waals surface area contributed by atoms with Gasteiger partial charge in [0.1, 0.15) is 5.52 Å². The zero-order valence-corrected chi connectivity index (χ0v) is 18.3. The normalized spacial score (nSPS) is 11.5. The number of fused-ring (bicyclic) bond motifs is 1. The van der Waals surface area contributed by atoms with Gasteiger partial charge in [0.15, 0.2) is 11.5 Å². The van der Waals surface area contributed by atoms with Crippen molar-refractivity contribution in [2.45, 2.75) is 30.8 Å². The Morgan fingerprint density at radius 1 is 1.23 bits per heavy atom. The smallest absolute Gasteiger partial charge is 0.407 e. The van der Waals surface area contributed by atoms with E-state index in [4.69, 9.17) is 22.1 Å². The lowest BCUT2D eigenvalue weighted by atomic mass is 10.2. The van der Waals surface area contributed by atoms with Gasteiger partial charge in [0, 0.05) is 13.1 Å². The number of ether oxygens (including phenoxy) is 1. The molecule has 11 nitrogen and oxygen atoms in total. The highest BCUT2D eigenvalue weighted by Crippen LogP contribution is 2.18. The van der Waals surface area contributed by atoms with Crippen LogP contribution in [0.25, 0.3) is 11.2 Å². The summed E-state index contributed by atoms with van der Waals surface area (Å²) in [7, 11) is -2.14. The highest BCUT2D eigenvalue weighted by Gasteiger charge is 2.11. The molecule has 0 aliphatic rings. The molecule has 4 N–H and O–H groups in total. The van der Waals surface area contributed by atoms with E-state index in [1.165, 1.54) is 19.2 Å². The number of imidazole rings is 1. The largest absolute Gasteiger partial charge is 0.450 e. The zero-order valence-electron chi connectivity index (χ0n) is 16.7. The number of rotatable bonds is 9. The quantitative estimate of drug-likeness (QED) is 0.317. The fourth-order valence-electron chi connectivity index (χ4n) is 2.78. The van der Waals surface area contributed by atoms with Crippen molar-refractivity contribution < 1.29 is 17.9 Å². The standard InChI is InChI=1S/C18H22ClN7O4S/c1-21-31(28,29)13-6-4-12(5-7-13)10-22-18(27)30-9-3-2-8-26-11-23-14-15(20)24-17(19)25-16(14)26/h4-7,11,21H,2-3,8-10H2,1H3,(H,22,27)(H2,20,24,25). The van der Waals surface area contributed by atoms with E-state index in [9.17, 15) is 13.2 Å². The van der Waals surface area contributed by atoms with Crippen LogP contribution < -0.4 is 15.8 Å². The van der Waals surface area contributed by atoms with Crippen molar-refractivity contribution in [1.82, 2.24) is 29.6 Å². The number of nitrogens with two attached hydrogens (primary N) is 1. The number of carbonyl (C=O) groups is 1. The summed E-state index contributed by atoms with van der Waals surface area (Å²) in [6.07, 6.45) is 2.43. The van der Waals surface area contributed by atoms with Crippen LogP contribution in [0, 0.1) is 0 Å². The number of aromatic nitrogens is 4. The fourth-order valence-corrected chi connectivity index (χ4v) is 3.68. The first-order chi connectivity index (χ1) is 14.8. The molecule has 166 valence electrons. The van der Waals surface area contributed by atoms with E-state index >= 15 is 0 Å². The molecule has 0 aliphatic carbocycles. The number of hydrogen-bond donors (Lipinski definition) is 3. The van der Waals surface area contributed by atoms with Gasteiger partial charge in [-0.1, -0.05) is 12.1 Å². The molecular formula is C18H22ClN7O4S. The van der Waals surface area contributed by atoms with Gasteiger partial charge in [0.25, 0.3) is 0 Å². The van der Waals surface area contributed by atoms with Crippen molar-refractivity contribution in [3.63, 3.8) is 0 Å². The Morgan fingerprint density at radius 3 is 2.68 bits per heavy atom. The molecule has 0 bridgehead atoms. The minimum absolute atomic E-state index is 0.0602. The zero-order chi connectivity index (χ0) is 22.4. The first-order valence-corrected chi connectivity index (χ1v) is 11.2. The molecule has 0 saturated carbocycles. The monoisotopic (exact) mass is 467 g/mol. The summed E-state index contributed by atoms with van der Waals surface area (Å²) in [5.74, 6) is 0.229. The summed E-state index contributed by atoms with van der Waals surface area (Å²) < 4.78 is 32.6. The second-order valence-corrected chi connectivity index (χ2v) is 8.76. The van der Waals surface area contributed by atoms with Crippen LogP contribution in [-0.2, 0) is 27.8 Å². The molecule has 0 atom stereocenters. The van der Waals surface area contributed by atoms with Gasteiger partial charge in [-0.05, 0) is 49.2 Å². The average molecular weight is 468 g/mol. The molecule has 0 aliphatic heterocycles. The minimum Gasteiger partial charge on any atom is -0.450 e. The van der Waals surface area contributed by atoms with Gasteiger partial charge >= 0.3 is 6.09 Å². The van der Waals surface area contributed by atoms with Crippen molar-refractivity contribution in [2.24, 2.45) is 0 Å². The lowest BCUT2D eigenvalue weighted by Crippen LogP contribution is -2.24. The second-order valence-electron chi connectivity index (χ2n) is 6.54. The van der Waals surface area contributed by atoms with Gasteiger partial charge in [-0.2, -0.15) is 9.97 Å². The molecule has 2 heterocycles. The molecule has 3 rings (SSSR count). The molecule has 1 amide bonds. The average Bonchev–Trinajstić information content (AvgIpc) is 3.15. The van der Waals surface area contributed by atoms with Crippen molar-refractivity contribution >= 4 is 44.7 Å². The number of nitrogen functional groups attached to an aromatic ring is 1. The molecule has 1 aromatic carbocycles. The number of nitrogens with zero attached hydrogens (tertiary/aromatic N) is 4. The summed E-state index contributed by atoms with van der Waals surface area (Å²) in [6.45, 7) is 1.08. The Morgan fingerprint density at radius 2 is 1.97 bits per heavy atom. The molecule has 3 aromatic rings. The molecule has 2 aromatic heterocycles. The number of anilines is 1. The first-order valence-electron chi connectivity index (χ1n) is 9.37. The number of sulfonamides is 1. The van der Waals surface area contributed by atoms with Crippen molar-refractivity contribution in [3.05, 3.63) is 41.4 Å². The van der Waals surface area contributed by atoms with E-state index in [0.717, 1.165) is 12.0 Å². The number of carbonyl (C=O) groups excluding carboxylic acids is 1. The van der Waals surface area contributed by atoms with Gasteiger partial charge < -0.3 is 20.4 Å². The Bertz CT molecular complexity index is 1170. The third-order valence-corrected chi connectivity index (χ3v) is 6.03. The van der Waals surface area contributed by atoms with Crippen LogP contribution in [0.5, 0.6) is 0 Å². The molecular weight excluding hydrogens is 446 g/mol. The summed E-state index contributed by atoms with van der Waals surface area (Å²) in [4.78, 5) is 24.2. The summed E-state index contributed by atoms with van der Waals surface area (Å²) in [5, 5.41) is 2.69. The Hall–Kier alpha value is -2.96. The highest BCUT2D eigenvalue weighted by atomic mass is 35.5. The van der Waals surface area contributed by atoms with Crippen molar-refractivity contribution in [2.75, 3.05) is 19.4 Å². The summed E-state index contributed by atoms with van der Waals surface area (Å²) >= 11 is 5.84. The van der Waals surface area contributed by atoms with Crippen molar-refractivity contribution in [3.8, 4) is 0 Å². The predicted octanol–water partition coefficient (Wildman–Crippen LogP) is 1.68. The van der Waals surface area contributed by atoms with Crippen LogP contribution in [0.2, 0.25) is 5.28 Å². The van der Waals surface area contributed by atoms with Crippen LogP contribution in [0.15, 0.2) is 35.5 Å². The maximum atomic E-state index is 11.8. The third kappa shape index (κ3) is 5.81. The summed E-state index contributed by atoms with van der Waals surface area (Å²) in [6, 6.07) is 6.20. The van der Waals surface area contributed by atoms with Crippen LogP contribution in [0.1, 0.15) is 18.4 Å². The number of unbranched alkanes of at least 4 members (excludes halogenated alkanes) is 1. The van der Waals surface area contributed by atoms with E-state index < -0.39 is 16.1 Å². The topological polar surface area (TPSA) is 154 Å². The van der Waals surface area contributed by atoms with Crippen LogP contribution in [-0.4, -0.2) is 47.7 Å². The summed E-state index contributed by atoms with van der Waals surface area (Å²) in [5.41, 5.74) is 7.58. The van der Waals surface area contributed by atoms with Gasteiger partial charge in [-0.25, -0.2) is 22.9 Å². The number of benzene rings is 1. The number of amides is 1. The lowest BCUT2D eigenvalue weighted by Gasteiger charge is -2.08. The van der Waals surface area contributed by atoms with Crippen LogP contribution in [0.4, 0.5) is 10.6 Å². The number of halogens is 1. The van der Waals surface area contributed by atoms with E-state index in [1.807, 2.05) is 4.57 Å². The molecule has 0 radical (unpaired) electrons. The number of hydrogen-bond acceptors (Lipinski definition) is 8. The molecule has 13 heteroatoms. The van der Waals surface area contributed by atoms with Crippen LogP contribution >= 0.6 is 11.6 Å². The van der Waals surface area contributed by atoms with Gasteiger partial charge in [-0.3, -0.25) is 0 Å². The fraction of sp³-hybridized carbons (Fsp3) is 0.333. The first kappa shape index (κ1) is 22.7. The molecule has 0 fully saturated rings. The number of aryl methyl sites for hydroxylation is 1. The number of nitrogens with one attached hydrogen (secondary N) is 2. The van der Waals surface area contributed by atoms with Crippen molar-refractivity contribution in [1.29, 1.82) is 0 Å². The van der Waals surface area contributed by atoms with E-state index in [0.29, 0.717) is 24.1 Å². The maximum Gasteiger partial charge on any atom is 0.407 e. The lowest BCUT2D eigenvalue weighted by molar-refractivity contribution is 0.143.